The predicted octanol–water partition coefficient (Wildman–Crippen LogP) is 3.84. The molecule has 0 atom stereocenters. The minimum absolute atomic E-state index is 0.221. The zero-order valence-corrected chi connectivity index (χ0v) is 14.6. The fourth-order valence-corrected chi connectivity index (χ4v) is 2.31. The maximum atomic E-state index is 12.0. The third-order valence-electron chi connectivity index (χ3n) is 3.64. The highest BCUT2D eigenvalue weighted by atomic mass is 16.6. The first-order chi connectivity index (χ1) is 12.5. The molecule has 1 heterocycles. The lowest BCUT2D eigenvalue weighted by atomic mass is 10.1. The minimum Gasteiger partial charge on any atom is -0.462 e. The van der Waals surface area contributed by atoms with Crippen molar-refractivity contribution in [2.45, 2.75) is 13.8 Å². The van der Waals surface area contributed by atoms with Gasteiger partial charge in [0.25, 0.3) is 0 Å². The van der Waals surface area contributed by atoms with Crippen LogP contribution in [0.4, 0.5) is 0 Å². The van der Waals surface area contributed by atoms with Crippen LogP contribution in [0.25, 0.3) is 6.08 Å². The SMILES string of the molecule is CC(C)COC(=O)c1ccc(/C=C2\N=C(c3ccccc3)OC2=O)cc1. The highest BCUT2D eigenvalue weighted by molar-refractivity contribution is 6.12. The van der Waals surface area contributed by atoms with E-state index in [0.29, 0.717) is 12.2 Å². The molecule has 0 spiro atoms. The zero-order chi connectivity index (χ0) is 18.5. The van der Waals surface area contributed by atoms with Crippen LogP contribution in [0.1, 0.15) is 35.3 Å². The van der Waals surface area contributed by atoms with Crippen molar-refractivity contribution in [3.63, 3.8) is 0 Å². The van der Waals surface area contributed by atoms with Crippen molar-refractivity contribution in [1.29, 1.82) is 0 Å². The Bertz CT molecular complexity index is 865. The van der Waals surface area contributed by atoms with E-state index in [2.05, 4.69) is 4.99 Å². The lowest BCUT2D eigenvalue weighted by molar-refractivity contribution is -0.129. The second-order valence-electron chi connectivity index (χ2n) is 6.32. The van der Waals surface area contributed by atoms with Crippen LogP contribution in [0, 0.1) is 5.92 Å². The number of hydrogen-bond acceptors (Lipinski definition) is 5. The van der Waals surface area contributed by atoms with Gasteiger partial charge in [-0.2, -0.15) is 0 Å². The molecule has 0 radical (unpaired) electrons. The highest BCUT2D eigenvalue weighted by Crippen LogP contribution is 2.19. The van der Waals surface area contributed by atoms with Crippen molar-refractivity contribution in [3.8, 4) is 0 Å². The Morgan fingerprint density at radius 2 is 1.81 bits per heavy atom. The summed E-state index contributed by atoms with van der Waals surface area (Å²) in [6.07, 6.45) is 1.63. The molecule has 132 valence electrons. The van der Waals surface area contributed by atoms with Gasteiger partial charge in [0.05, 0.1) is 12.2 Å². The minimum atomic E-state index is -0.496. The lowest BCUT2D eigenvalue weighted by Gasteiger charge is -2.07. The van der Waals surface area contributed by atoms with Gasteiger partial charge in [-0.15, -0.1) is 0 Å². The first kappa shape index (κ1) is 17.6. The number of hydrogen-bond donors (Lipinski definition) is 0. The summed E-state index contributed by atoms with van der Waals surface area (Å²) < 4.78 is 10.4. The molecule has 1 aliphatic heterocycles. The Labute approximate surface area is 152 Å². The molecule has 0 N–H and O–H groups in total. The molecule has 5 heteroatoms. The van der Waals surface area contributed by atoms with Crippen LogP contribution >= 0.6 is 0 Å². The molecule has 3 rings (SSSR count). The van der Waals surface area contributed by atoms with Crippen molar-refractivity contribution < 1.29 is 19.1 Å². The van der Waals surface area contributed by atoms with Gasteiger partial charge in [0, 0.05) is 5.56 Å². The fraction of sp³-hybridized carbons (Fsp3) is 0.190. The molecule has 0 bridgehead atoms. The van der Waals surface area contributed by atoms with Crippen LogP contribution in [0.3, 0.4) is 0 Å². The second-order valence-corrected chi connectivity index (χ2v) is 6.32. The van der Waals surface area contributed by atoms with E-state index in [4.69, 9.17) is 9.47 Å². The van der Waals surface area contributed by atoms with Gasteiger partial charge < -0.3 is 9.47 Å². The van der Waals surface area contributed by atoms with Gasteiger partial charge in [0.15, 0.2) is 5.70 Å². The molecule has 0 aliphatic carbocycles. The van der Waals surface area contributed by atoms with E-state index in [0.717, 1.165) is 11.1 Å². The second kappa shape index (κ2) is 7.78. The molecular weight excluding hydrogens is 330 g/mol. The summed E-state index contributed by atoms with van der Waals surface area (Å²) in [5, 5.41) is 0. The molecule has 0 aromatic heterocycles. The molecule has 0 fully saturated rings. The third kappa shape index (κ3) is 4.25. The largest absolute Gasteiger partial charge is 0.462 e. The van der Waals surface area contributed by atoms with Gasteiger partial charge in [0.1, 0.15) is 0 Å². The monoisotopic (exact) mass is 349 g/mol. The van der Waals surface area contributed by atoms with Crippen molar-refractivity contribution in [1.82, 2.24) is 0 Å². The average Bonchev–Trinajstić information content (AvgIpc) is 3.01. The number of benzene rings is 2. The number of nitrogens with zero attached hydrogens (tertiary/aromatic N) is 1. The first-order valence-corrected chi connectivity index (χ1v) is 8.38. The van der Waals surface area contributed by atoms with Gasteiger partial charge in [-0.25, -0.2) is 14.6 Å². The zero-order valence-electron chi connectivity index (χ0n) is 14.6. The van der Waals surface area contributed by atoms with Gasteiger partial charge >= 0.3 is 11.9 Å². The molecule has 0 saturated carbocycles. The molecular formula is C21H19NO4. The summed E-state index contributed by atoms with van der Waals surface area (Å²) in [5.74, 6) is -0.282. The maximum absolute atomic E-state index is 12.0. The van der Waals surface area contributed by atoms with Crippen LogP contribution in [0.5, 0.6) is 0 Å². The van der Waals surface area contributed by atoms with Gasteiger partial charge in [-0.1, -0.05) is 44.2 Å². The summed E-state index contributed by atoms with van der Waals surface area (Å²) in [6, 6.07) is 16.0. The van der Waals surface area contributed by atoms with E-state index in [1.165, 1.54) is 0 Å². The van der Waals surface area contributed by atoms with Gasteiger partial charge in [0.2, 0.25) is 5.90 Å². The molecule has 0 unspecified atom stereocenters. The average molecular weight is 349 g/mol. The molecule has 26 heavy (non-hydrogen) atoms. The Morgan fingerprint density at radius 3 is 2.46 bits per heavy atom. The van der Waals surface area contributed by atoms with Crippen molar-refractivity contribution >= 4 is 23.9 Å². The Morgan fingerprint density at radius 1 is 1.12 bits per heavy atom. The summed E-state index contributed by atoms with van der Waals surface area (Å²) >= 11 is 0. The molecule has 1 aliphatic rings. The van der Waals surface area contributed by atoms with E-state index in [1.807, 2.05) is 44.2 Å². The summed E-state index contributed by atoms with van der Waals surface area (Å²) in [5.41, 5.74) is 2.18. The normalized spacial score (nSPS) is 15.1. The van der Waals surface area contributed by atoms with Crippen molar-refractivity contribution in [3.05, 3.63) is 77.0 Å². The Hall–Kier alpha value is -3.21. The number of aliphatic imine (C=N–C) groups is 1. The molecule has 0 amide bonds. The molecule has 2 aromatic carbocycles. The van der Waals surface area contributed by atoms with E-state index in [1.54, 1.807) is 30.3 Å². The number of rotatable bonds is 5. The quantitative estimate of drug-likeness (QED) is 0.608. The standard InChI is InChI=1S/C21H19NO4/c1-14(2)13-25-20(23)17-10-8-15(9-11-17)12-18-21(24)26-19(22-18)16-6-4-3-5-7-16/h3-12,14H,13H2,1-2H3/b18-12-. The van der Waals surface area contributed by atoms with Crippen LogP contribution in [-0.2, 0) is 14.3 Å². The number of carbonyl (C=O) groups excluding carboxylic acids is 2. The van der Waals surface area contributed by atoms with E-state index < -0.39 is 5.97 Å². The molecule has 5 nitrogen and oxygen atoms in total. The van der Waals surface area contributed by atoms with E-state index in [-0.39, 0.29) is 23.5 Å². The summed E-state index contributed by atoms with van der Waals surface area (Å²) in [6.45, 7) is 4.34. The van der Waals surface area contributed by atoms with E-state index >= 15 is 0 Å². The number of cyclic esters (lactones) is 1. The first-order valence-electron chi connectivity index (χ1n) is 8.38. The topological polar surface area (TPSA) is 65.0 Å². The van der Waals surface area contributed by atoms with Crippen LogP contribution in [-0.4, -0.2) is 24.4 Å². The van der Waals surface area contributed by atoms with E-state index in [9.17, 15) is 9.59 Å². The van der Waals surface area contributed by atoms with Crippen molar-refractivity contribution in [2.24, 2.45) is 10.9 Å². The summed E-state index contributed by atoms with van der Waals surface area (Å²) in [4.78, 5) is 28.2. The number of esters is 2. The van der Waals surface area contributed by atoms with Crippen LogP contribution < -0.4 is 0 Å². The number of ether oxygens (including phenoxy) is 2. The molecule has 0 saturated heterocycles. The highest BCUT2D eigenvalue weighted by Gasteiger charge is 2.23. The maximum Gasteiger partial charge on any atom is 0.363 e. The van der Waals surface area contributed by atoms with Crippen molar-refractivity contribution in [2.75, 3.05) is 6.61 Å². The number of carbonyl (C=O) groups is 2. The van der Waals surface area contributed by atoms with Gasteiger partial charge in [-0.3, -0.25) is 0 Å². The lowest BCUT2D eigenvalue weighted by Crippen LogP contribution is -2.10. The summed E-state index contributed by atoms with van der Waals surface area (Å²) in [7, 11) is 0. The van der Waals surface area contributed by atoms with Crippen LogP contribution in [0.15, 0.2) is 65.3 Å². The van der Waals surface area contributed by atoms with Crippen LogP contribution in [0.2, 0.25) is 0 Å². The Kier molecular flexibility index (Phi) is 5.27. The predicted molar refractivity (Wildman–Crippen MR) is 98.6 cm³/mol. The third-order valence-corrected chi connectivity index (χ3v) is 3.64. The Balaban J connectivity index is 1.74. The fourth-order valence-electron chi connectivity index (χ4n) is 2.31. The smallest absolute Gasteiger partial charge is 0.363 e. The molecule has 2 aromatic rings. The van der Waals surface area contributed by atoms with Gasteiger partial charge in [-0.05, 0) is 41.8 Å².